The van der Waals surface area contributed by atoms with Gasteiger partial charge in [-0.15, -0.1) is 0 Å². The zero-order valence-corrected chi connectivity index (χ0v) is 9.50. The molecule has 0 bridgehead atoms. The van der Waals surface area contributed by atoms with Crippen LogP contribution in [0, 0.1) is 0 Å². The van der Waals surface area contributed by atoms with E-state index in [2.05, 4.69) is 6.92 Å². The second-order valence-electron chi connectivity index (χ2n) is 3.99. The van der Waals surface area contributed by atoms with E-state index in [1.807, 2.05) is 0 Å². The maximum Gasteiger partial charge on any atom is 0.241 e. The molecule has 0 aromatic rings. The van der Waals surface area contributed by atoms with E-state index in [0.717, 1.165) is 19.3 Å². The lowest BCUT2D eigenvalue weighted by Gasteiger charge is -2.28. The molecule has 1 N–H and O–H groups in total. The summed E-state index contributed by atoms with van der Waals surface area (Å²) < 4.78 is 5.17. The van der Waals surface area contributed by atoms with E-state index in [0.29, 0.717) is 32.7 Å². The molecule has 1 amide bonds. The number of carbonyl (C=O) groups is 1. The van der Waals surface area contributed by atoms with E-state index in [1.165, 1.54) is 0 Å². The largest absolute Gasteiger partial charge is 0.378 e. The molecule has 1 unspecified atom stereocenters. The predicted molar refractivity (Wildman–Crippen MR) is 58.4 cm³/mol. The molecule has 87 valence electrons. The minimum Gasteiger partial charge on any atom is -0.378 e. The number of hydrogen-bond donors (Lipinski definition) is 0. The molecule has 4 nitrogen and oxygen atoms in total. The summed E-state index contributed by atoms with van der Waals surface area (Å²) in [5.74, 6) is -0.0191. The van der Waals surface area contributed by atoms with Crippen LogP contribution in [0.5, 0.6) is 0 Å². The molecular weight excluding hydrogens is 192 g/mol. The lowest BCUT2D eigenvalue weighted by molar-refractivity contribution is -0.137. The molecule has 1 saturated heterocycles. The van der Waals surface area contributed by atoms with Crippen LogP contribution in [0.3, 0.4) is 0 Å². The fourth-order valence-electron chi connectivity index (χ4n) is 1.73. The number of nitrogens with one attached hydrogen (secondary N) is 1. The van der Waals surface area contributed by atoms with Gasteiger partial charge in [0.1, 0.15) is 6.04 Å². The number of ether oxygens (including phenoxy) is 1. The SMILES string of the molecule is CCCCCC([NH])C(=O)N1CCOCC1. The van der Waals surface area contributed by atoms with E-state index >= 15 is 0 Å². The van der Waals surface area contributed by atoms with Crippen LogP contribution in [0.25, 0.3) is 0 Å². The van der Waals surface area contributed by atoms with Crippen molar-refractivity contribution in [1.82, 2.24) is 10.6 Å². The highest BCUT2D eigenvalue weighted by Crippen LogP contribution is 2.07. The lowest BCUT2D eigenvalue weighted by Crippen LogP contribution is -2.46. The fraction of sp³-hybridized carbons (Fsp3) is 0.909. The minimum atomic E-state index is -0.561. The first-order valence-electron chi connectivity index (χ1n) is 5.83. The Labute approximate surface area is 91.8 Å². The van der Waals surface area contributed by atoms with Gasteiger partial charge in [0.15, 0.2) is 0 Å². The molecule has 0 aliphatic carbocycles. The molecule has 0 spiro atoms. The molecule has 1 fully saturated rings. The maximum absolute atomic E-state index is 11.8. The van der Waals surface area contributed by atoms with Crippen molar-refractivity contribution >= 4 is 5.91 Å². The van der Waals surface area contributed by atoms with Gasteiger partial charge in [0.25, 0.3) is 0 Å². The first kappa shape index (κ1) is 12.5. The third kappa shape index (κ3) is 4.18. The van der Waals surface area contributed by atoms with Crippen molar-refractivity contribution in [2.45, 2.75) is 38.6 Å². The molecular formula is C11H21N2O2. The van der Waals surface area contributed by atoms with Crippen LogP contribution in [0.15, 0.2) is 0 Å². The first-order chi connectivity index (χ1) is 7.25. The second-order valence-corrected chi connectivity index (χ2v) is 3.99. The minimum absolute atomic E-state index is 0.0191. The van der Waals surface area contributed by atoms with Gasteiger partial charge in [0.05, 0.1) is 13.2 Å². The number of morpholine rings is 1. The highest BCUT2D eigenvalue weighted by molar-refractivity contribution is 5.81. The Morgan fingerprint density at radius 1 is 1.40 bits per heavy atom. The van der Waals surface area contributed by atoms with Crippen LogP contribution in [0.2, 0.25) is 0 Å². The summed E-state index contributed by atoms with van der Waals surface area (Å²) in [6.07, 6.45) is 3.94. The van der Waals surface area contributed by atoms with Crippen molar-refractivity contribution in [2.24, 2.45) is 0 Å². The number of nitrogens with zero attached hydrogens (tertiary/aromatic N) is 1. The van der Waals surface area contributed by atoms with Crippen molar-refractivity contribution < 1.29 is 9.53 Å². The van der Waals surface area contributed by atoms with Crippen LogP contribution in [0.1, 0.15) is 32.6 Å². The Hall–Kier alpha value is -0.610. The highest BCUT2D eigenvalue weighted by atomic mass is 16.5. The molecule has 1 heterocycles. The number of hydrogen-bond acceptors (Lipinski definition) is 2. The van der Waals surface area contributed by atoms with Gasteiger partial charge in [-0.05, 0) is 6.42 Å². The third-order valence-electron chi connectivity index (χ3n) is 2.72. The standard InChI is InChI=1S/C11H21N2O2/c1-2-3-4-5-10(12)11(14)13-6-8-15-9-7-13/h10,12H,2-9H2,1H3. The Kier molecular flexibility index (Phi) is 5.65. The Morgan fingerprint density at radius 3 is 2.67 bits per heavy atom. The molecule has 15 heavy (non-hydrogen) atoms. The van der Waals surface area contributed by atoms with Gasteiger partial charge in [-0.3, -0.25) is 4.79 Å². The zero-order valence-electron chi connectivity index (χ0n) is 9.50. The quantitative estimate of drug-likeness (QED) is 0.642. The van der Waals surface area contributed by atoms with Gasteiger partial charge in [-0.1, -0.05) is 26.2 Å². The number of amides is 1. The molecule has 1 atom stereocenters. The van der Waals surface area contributed by atoms with Crippen LogP contribution in [-0.4, -0.2) is 43.2 Å². The predicted octanol–water partition coefficient (Wildman–Crippen LogP) is 1.08. The average molecular weight is 213 g/mol. The molecule has 4 heteroatoms. The third-order valence-corrected chi connectivity index (χ3v) is 2.72. The maximum atomic E-state index is 11.8. The summed E-state index contributed by atoms with van der Waals surface area (Å²) in [6, 6.07) is -0.561. The monoisotopic (exact) mass is 213 g/mol. The summed E-state index contributed by atoms with van der Waals surface area (Å²) in [4.78, 5) is 13.5. The van der Waals surface area contributed by atoms with Gasteiger partial charge >= 0.3 is 0 Å². The number of carbonyl (C=O) groups excluding carboxylic acids is 1. The van der Waals surface area contributed by atoms with Crippen LogP contribution in [-0.2, 0) is 9.53 Å². The van der Waals surface area contributed by atoms with E-state index in [9.17, 15) is 4.79 Å². The van der Waals surface area contributed by atoms with Crippen LogP contribution >= 0.6 is 0 Å². The van der Waals surface area contributed by atoms with Gasteiger partial charge in [0, 0.05) is 13.1 Å². The molecule has 1 aliphatic rings. The fourth-order valence-corrected chi connectivity index (χ4v) is 1.73. The average Bonchev–Trinajstić information content (AvgIpc) is 2.29. The van der Waals surface area contributed by atoms with Crippen molar-refractivity contribution in [3.63, 3.8) is 0 Å². The topological polar surface area (TPSA) is 53.3 Å². The summed E-state index contributed by atoms with van der Waals surface area (Å²) in [5, 5.41) is 0. The summed E-state index contributed by atoms with van der Waals surface area (Å²) >= 11 is 0. The number of rotatable bonds is 5. The van der Waals surface area contributed by atoms with Gasteiger partial charge in [0.2, 0.25) is 5.91 Å². The Morgan fingerprint density at radius 2 is 2.07 bits per heavy atom. The van der Waals surface area contributed by atoms with Gasteiger partial charge < -0.3 is 9.64 Å². The van der Waals surface area contributed by atoms with E-state index in [1.54, 1.807) is 4.90 Å². The van der Waals surface area contributed by atoms with E-state index in [-0.39, 0.29) is 5.91 Å². The molecule has 0 aromatic carbocycles. The summed E-state index contributed by atoms with van der Waals surface area (Å²) in [7, 11) is 0. The lowest BCUT2D eigenvalue weighted by atomic mass is 10.1. The normalized spacial score (nSPS) is 18.9. The summed E-state index contributed by atoms with van der Waals surface area (Å²) in [5.41, 5.74) is 7.76. The van der Waals surface area contributed by atoms with Crippen molar-refractivity contribution in [3.05, 3.63) is 0 Å². The zero-order chi connectivity index (χ0) is 11.1. The second kappa shape index (κ2) is 6.80. The van der Waals surface area contributed by atoms with Gasteiger partial charge in [-0.25, -0.2) is 5.73 Å². The summed E-state index contributed by atoms with van der Waals surface area (Å²) in [6.45, 7) is 4.67. The molecule has 1 aliphatic heterocycles. The van der Waals surface area contributed by atoms with E-state index in [4.69, 9.17) is 10.5 Å². The van der Waals surface area contributed by atoms with Crippen molar-refractivity contribution in [3.8, 4) is 0 Å². The molecule has 0 saturated carbocycles. The number of unbranched alkanes of at least 4 members (excludes halogenated alkanes) is 2. The van der Waals surface area contributed by atoms with Crippen LogP contribution in [0.4, 0.5) is 0 Å². The first-order valence-corrected chi connectivity index (χ1v) is 5.83. The molecule has 0 aromatic heterocycles. The highest BCUT2D eigenvalue weighted by Gasteiger charge is 2.22. The molecule has 1 rings (SSSR count). The van der Waals surface area contributed by atoms with Gasteiger partial charge in [-0.2, -0.15) is 0 Å². The molecule has 1 radical (unpaired) electrons. The van der Waals surface area contributed by atoms with Crippen molar-refractivity contribution in [2.75, 3.05) is 26.3 Å². The smallest absolute Gasteiger partial charge is 0.241 e. The van der Waals surface area contributed by atoms with E-state index < -0.39 is 6.04 Å². The Bertz CT molecular complexity index is 191. The van der Waals surface area contributed by atoms with Crippen LogP contribution < -0.4 is 5.73 Å². The Balaban J connectivity index is 2.24. The van der Waals surface area contributed by atoms with Crippen molar-refractivity contribution in [1.29, 1.82) is 0 Å².